The second-order valence-electron chi connectivity index (χ2n) is 6.29. The van der Waals surface area contributed by atoms with Crippen molar-refractivity contribution in [3.05, 3.63) is 24.3 Å². The second-order valence-corrected chi connectivity index (χ2v) is 6.29. The number of hydrogen-bond donors (Lipinski definition) is 1. The Morgan fingerprint density at radius 3 is 2.73 bits per heavy atom. The highest BCUT2D eigenvalue weighted by atomic mass is 16.5. The van der Waals surface area contributed by atoms with Gasteiger partial charge in [-0.2, -0.15) is 0 Å². The molecule has 0 aromatic heterocycles. The van der Waals surface area contributed by atoms with Crippen molar-refractivity contribution in [3.8, 4) is 0 Å². The Morgan fingerprint density at radius 2 is 1.95 bits per heavy atom. The van der Waals surface area contributed by atoms with E-state index in [0.717, 1.165) is 57.6 Å². The van der Waals surface area contributed by atoms with E-state index in [1.54, 1.807) is 0 Å². The minimum atomic E-state index is 0.639. The molecule has 3 rings (SSSR count). The molecule has 1 aromatic rings. The molecule has 5 heteroatoms. The molecule has 22 heavy (non-hydrogen) atoms. The highest BCUT2D eigenvalue weighted by Gasteiger charge is 2.20. The van der Waals surface area contributed by atoms with Gasteiger partial charge >= 0.3 is 0 Å². The number of nitrogens with zero attached hydrogens (tertiary/aromatic N) is 3. The first-order valence-corrected chi connectivity index (χ1v) is 8.22. The number of anilines is 2. The summed E-state index contributed by atoms with van der Waals surface area (Å²) >= 11 is 0. The lowest BCUT2D eigenvalue weighted by atomic mass is 10.2. The minimum absolute atomic E-state index is 0.639. The molecule has 0 spiro atoms. The summed E-state index contributed by atoms with van der Waals surface area (Å²) in [7, 11) is 0. The van der Waals surface area contributed by atoms with E-state index in [2.05, 4.69) is 58.2 Å². The molecule has 0 unspecified atom stereocenters. The molecule has 1 fully saturated rings. The number of rotatable bonds is 4. The lowest BCUT2D eigenvalue weighted by molar-refractivity contribution is 0.123. The molecule has 0 aliphatic carbocycles. The fraction of sp³-hybridized carbons (Fsp3) is 0.588. The third-order valence-corrected chi connectivity index (χ3v) is 4.02. The van der Waals surface area contributed by atoms with Gasteiger partial charge in [0.25, 0.3) is 0 Å². The van der Waals surface area contributed by atoms with Crippen LogP contribution in [0.5, 0.6) is 0 Å². The van der Waals surface area contributed by atoms with Crippen molar-refractivity contribution in [2.45, 2.75) is 13.8 Å². The summed E-state index contributed by atoms with van der Waals surface area (Å²) < 4.78 is 5.46. The van der Waals surface area contributed by atoms with Gasteiger partial charge in [0, 0.05) is 26.2 Å². The number of morpholine rings is 1. The van der Waals surface area contributed by atoms with Crippen molar-refractivity contribution in [1.82, 2.24) is 4.90 Å². The van der Waals surface area contributed by atoms with Crippen LogP contribution in [0.3, 0.4) is 0 Å². The van der Waals surface area contributed by atoms with Crippen LogP contribution in [0, 0.1) is 5.92 Å². The van der Waals surface area contributed by atoms with Gasteiger partial charge in [0.15, 0.2) is 5.96 Å². The van der Waals surface area contributed by atoms with E-state index in [1.165, 1.54) is 5.69 Å². The van der Waals surface area contributed by atoms with Crippen LogP contribution in [-0.2, 0) is 4.74 Å². The van der Waals surface area contributed by atoms with Crippen LogP contribution < -0.4 is 10.2 Å². The number of ether oxygens (including phenoxy) is 1. The molecule has 2 heterocycles. The van der Waals surface area contributed by atoms with Crippen LogP contribution in [0.15, 0.2) is 29.3 Å². The van der Waals surface area contributed by atoms with Crippen molar-refractivity contribution < 1.29 is 4.74 Å². The van der Waals surface area contributed by atoms with E-state index in [0.29, 0.717) is 5.92 Å². The average Bonchev–Trinajstić information content (AvgIpc) is 2.95. The van der Waals surface area contributed by atoms with Gasteiger partial charge in [-0.05, 0) is 18.1 Å². The van der Waals surface area contributed by atoms with Gasteiger partial charge in [0.2, 0.25) is 0 Å². The summed E-state index contributed by atoms with van der Waals surface area (Å²) in [5.41, 5.74) is 2.38. The molecular weight excluding hydrogens is 276 g/mol. The van der Waals surface area contributed by atoms with E-state index >= 15 is 0 Å². The third kappa shape index (κ3) is 3.53. The number of benzene rings is 1. The van der Waals surface area contributed by atoms with Crippen molar-refractivity contribution in [2.75, 3.05) is 56.2 Å². The van der Waals surface area contributed by atoms with Gasteiger partial charge in [-0.1, -0.05) is 26.0 Å². The molecule has 0 bridgehead atoms. The Labute approximate surface area is 133 Å². The largest absolute Gasteiger partial charge is 0.378 e. The van der Waals surface area contributed by atoms with Crippen LogP contribution in [0.25, 0.3) is 0 Å². The molecule has 1 aromatic carbocycles. The van der Waals surface area contributed by atoms with E-state index in [4.69, 9.17) is 4.74 Å². The van der Waals surface area contributed by atoms with Crippen LogP contribution in [0.2, 0.25) is 0 Å². The Bertz CT molecular complexity index is 523. The summed E-state index contributed by atoms with van der Waals surface area (Å²) in [4.78, 5) is 9.37. The maximum Gasteiger partial charge on any atom is 0.198 e. The molecule has 5 nitrogen and oxygen atoms in total. The van der Waals surface area contributed by atoms with Crippen LogP contribution in [0.1, 0.15) is 13.8 Å². The van der Waals surface area contributed by atoms with Crippen LogP contribution in [-0.4, -0.2) is 56.8 Å². The molecule has 2 aliphatic heterocycles. The molecule has 120 valence electrons. The van der Waals surface area contributed by atoms with Gasteiger partial charge < -0.3 is 19.9 Å². The minimum Gasteiger partial charge on any atom is -0.378 e. The van der Waals surface area contributed by atoms with E-state index < -0.39 is 0 Å². The standard InChI is InChI=1S/C17H26N4O/c1-14(2)13-21-8-7-18-17(21)19-15-5-3-4-6-16(15)20-9-11-22-12-10-20/h3-6,14H,7-13H2,1-2H3,(H,18,19). The molecule has 0 radical (unpaired) electrons. The zero-order valence-corrected chi connectivity index (χ0v) is 13.6. The number of nitrogens with one attached hydrogen (secondary N) is 1. The Hall–Kier alpha value is -1.75. The van der Waals surface area contributed by atoms with Gasteiger partial charge in [-0.3, -0.25) is 4.99 Å². The highest BCUT2D eigenvalue weighted by molar-refractivity contribution is 5.97. The number of aliphatic imine (C=N–C) groups is 1. The van der Waals surface area contributed by atoms with E-state index in [9.17, 15) is 0 Å². The lowest BCUT2D eigenvalue weighted by Gasteiger charge is -2.31. The first-order chi connectivity index (χ1) is 10.7. The average molecular weight is 302 g/mol. The number of hydrogen-bond acceptors (Lipinski definition) is 5. The summed E-state index contributed by atoms with van der Waals surface area (Å²) in [6.45, 7) is 10.9. The molecule has 0 amide bonds. The van der Waals surface area contributed by atoms with Crippen molar-refractivity contribution in [1.29, 1.82) is 0 Å². The first kappa shape index (κ1) is 15.2. The smallest absolute Gasteiger partial charge is 0.198 e. The number of guanidine groups is 1. The maximum absolute atomic E-state index is 5.46. The van der Waals surface area contributed by atoms with Gasteiger partial charge in [-0.25, -0.2) is 0 Å². The van der Waals surface area contributed by atoms with Crippen LogP contribution in [0.4, 0.5) is 11.4 Å². The summed E-state index contributed by atoms with van der Waals surface area (Å²) in [5.74, 6) is 1.65. The number of para-hydroxylation sites is 2. The summed E-state index contributed by atoms with van der Waals surface area (Å²) in [5, 5.41) is 3.56. The monoisotopic (exact) mass is 302 g/mol. The molecule has 0 saturated carbocycles. The Balaban J connectivity index is 1.74. The third-order valence-electron chi connectivity index (χ3n) is 4.02. The Kier molecular flexibility index (Phi) is 4.83. The predicted molar refractivity (Wildman–Crippen MR) is 91.8 cm³/mol. The quantitative estimate of drug-likeness (QED) is 0.926. The fourth-order valence-electron chi connectivity index (χ4n) is 3.00. The zero-order valence-electron chi connectivity index (χ0n) is 13.6. The molecular formula is C17H26N4O. The van der Waals surface area contributed by atoms with Gasteiger partial charge in [0.1, 0.15) is 0 Å². The molecule has 1 saturated heterocycles. The van der Waals surface area contributed by atoms with Crippen molar-refractivity contribution in [2.24, 2.45) is 10.9 Å². The Morgan fingerprint density at radius 1 is 1.18 bits per heavy atom. The maximum atomic E-state index is 5.46. The topological polar surface area (TPSA) is 40.1 Å². The molecule has 0 atom stereocenters. The summed E-state index contributed by atoms with van der Waals surface area (Å²) in [6, 6.07) is 8.49. The zero-order chi connectivity index (χ0) is 15.4. The van der Waals surface area contributed by atoms with Crippen molar-refractivity contribution >= 4 is 17.3 Å². The van der Waals surface area contributed by atoms with Crippen molar-refractivity contribution in [3.63, 3.8) is 0 Å². The fourth-order valence-corrected chi connectivity index (χ4v) is 3.00. The predicted octanol–water partition coefficient (Wildman–Crippen LogP) is 2.26. The van der Waals surface area contributed by atoms with E-state index in [1.807, 2.05) is 0 Å². The molecule has 1 N–H and O–H groups in total. The second kappa shape index (κ2) is 7.01. The SMILES string of the molecule is CC(C)CN1CCN=C1Nc1ccccc1N1CCOCC1. The van der Waals surface area contributed by atoms with E-state index in [-0.39, 0.29) is 0 Å². The van der Waals surface area contributed by atoms with Gasteiger partial charge in [-0.15, -0.1) is 0 Å². The first-order valence-electron chi connectivity index (χ1n) is 8.22. The molecule has 2 aliphatic rings. The lowest BCUT2D eigenvalue weighted by Crippen LogP contribution is -2.38. The van der Waals surface area contributed by atoms with Crippen LogP contribution >= 0.6 is 0 Å². The highest BCUT2D eigenvalue weighted by Crippen LogP contribution is 2.27. The van der Waals surface area contributed by atoms with Gasteiger partial charge in [0.05, 0.1) is 31.1 Å². The summed E-state index contributed by atoms with van der Waals surface area (Å²) in [6.07, 6.45) is 0. The normalized spacial score (nSPS) is 18.8.